The third-order valence-corrected chi connectivity index (χ3v) is 3.81. The van der Waals surface area contributed by atoms with Gasteiger partial charge in [0.05, 0.1) is 13.2 Å². The zero-order chi connectivity index (χ0) is 15.5. The summed E-state index contributed by atoms with van der Waals surface area (Å²) in [4.78, 5) is 22.7. The van der Waals surface area contributed by atoms with Gasteiger partial charge in [-0.05, 0) is 49.5 Å². The number of benzene rings is 1. The molecule has 3 rings (SSSR count). The normalized spacial score (nSPS) is 20.1. The fraction of sp³-hybridized carbons (Fsp3) is 0.375. The number of urea groups is 1. The molecule has 3 amide bonds. The molecule has 1 saturated carbocycles. The molecule has 2 N–H and O–H groups in total. The second kappa shape index (κ2) is 6.09. The summed E-state index contributed by atoms with van der Waals surface area (Å²) in [5.41, 5.74) is 0.989. The first-order chi connectivity index (χ1) is 10.7. The van der Waals surface area contributed by atoms with Gasteiger partial charge >= 0.3 is 6.03 Å². The second-order valence-corrected chi connectivity index (χ2v) is 5.40. The van der Waals surface area contributed by atoms with Crippen molar-refractivity contribution in [2.75, 3.05) is 7.11 Å². The van der Waals surface area contributed by atoms with Crippen LogP contribution in [0, 0.1) is 0 Å². The maximum atomic E-state index is 11.6. The highest BCUT2D eigenvalue weighted by Crippen LogP contribution is 2.33. The lowest BCUT2D eigenvalue weighted by molar-refractivity contribution is -0.115. The Morgan fingerprint density at radius 1 is 1.14 bits per heavy atom. The van der Waals surface area contributed by atoms with Crippen molar-refractivity contribution >= 4 is 18.0 Å². The van der Waals surface area contributed by atoms with E-state index in [-0.39, 0.29) is 11.8 Å². The topological polar surface area (TPSA) is 76.7 Å². The van der Waals surface area contributed by atoms with Gasteiger partial charge < -0.3 is 14.8 Å². The van der Waals surface area contributed by atoms with E-state index in [9.17, 15) is 9.59 Å². The molecule has 2 aliphatic rings. The number of hydrogen-bond donors (Lipinski definition) is 2. The molecule has 0 spiro atoms. The van der Waals surface area contributed by atoms with Crippen LogP contribution in [-0.4, -0.2) is 25.2 Å². The highest BCUT2D eigenvalue weighted by Gasteiger charge is 2.23. The average molecular weight is 302 g/mol. The third kappa shape index (κ3) is 3.05. The average Bonchev–Trinajstić information content (AvgIpc) is 3.10. The smallest absolute Gasteiger partial charge is 0.326 e. The van der Waals surface area contributed by atoms with Crippen LogP contribution in [0.15, 0.2) is 23.9 Å². The fourth-order valence-corrected chi connectivity index (χ4v) is 2.71. The SMILES string of the molecule is COc1ccc(/C=C2\NC(=O)NC2=O)cc1OC1CCCC1. The number of hydrogen-bond acceptors (Lipinski definition) is 4. The molecule has 0 aromatic heterocycles. The van der Waals surface area contributed by atoms with Gasteiger partial charge in [0.25, 0.3) is 5.91 Å². The van der Waals surface area contributed by atoms with Crippen molar-refractivity contribution in [1.82, 2.24) is 10.6 Å². The number of ether oxygens (including phenoxy) is 2. The molecule has 1 aliphatic heterocycles. The van der Waals surface area contributed by atoms with E-state index in [2.05, 4.69) is 10.6 Å². The largest absolute Gasteiger partial charge is 0.493 e. The van der Waals surface area contributed by atoms with E-state index in [0.717, 1.165) is 18.4 Å². The van der Waals surface area contributed by atoms with Gasteiger partial charge in [-0.1, -0.05) is 6.07 Å². The van der Waals surface area contributed by atoms with E-state index < -0.39 is 11.9 Å². The number of rotatable bonds is 4. The van der Waals surface area contributed by atoms with Crippen LogP contribution in [-0.2, 0) is 4.79 Å². The minimum Gasteiger partial charge on any atom is -0.493 e. The molecule has 1 aliphatic carbocycles. The van der Waals surface area contributed by atoms with Gasteiger partial charge in [-0.25, -0.2) is 4.79 Å². The quantitative estimate of drug-likeness (QED) is 0.660. The highest BCUT2D eigenvalue weighted by atomic mass is 16.5. The van der Waals surface area contributed by atoms with E-state index >= 15 is 0 Å². The van der Waals surface area contributed by atoms with Crippen molar-refractivity contribution in [3.8, 4) is 11.5 Å². The zero-order valence-electron chi connectivity index (χ0n) is 12.3. The maximum Gasteiger partial charge on any atom is 0.326 e. The van der Waals surface area contributed by atoms with Crippen molar-refractivity contribution in [3.63, 3.8) is 0 Å². The van der Waals surface area contributed by atoms with Crippen LogP contribution < -0.4 is 20.1 Å². The van der Waals surface area contributed by atoms with Crippen LogP contribution in [0.25, 0.3) is 6.08 Å². The van der Waals surface area contributed by atoms with Crippen molar-refractivity contribution in [3.05, 3.63) is 29.5 Å². The number of nitrogens with one attached hydrogen (secondary N) is 2. The molecular formula is C16H18N2O4. The van der Waals surface area contributed by atoms with E-state index in [1.54, 1.807) is 19.3 Å². The predicted molar refractivity (Wildman–Crippen MR) is 80.5 cm³/mol. The Bertz CT molecular complexity index is 633. The van der Waals surface area contributed by atoms with Crippen LogP contribution in [0.4, 0.5) is 4.79 Å². The van der Waals surface area contributed by atoms with Gasteiger partial charge in [0.15, 0.2) is 11.5 Å². The molecule has 2 fully saturated rings. The summed E-state index contributed by atoms with van der Waals surface area (Å²) in [6.45, 7) is 0. The van der Waals surface area contributed by atoms with Gasteiger partial charge in [-0.3, -0.25) is 10.1 Å². The molecule has 6 heteroatoms. The molecule has 1 saturated heterocycles. The van der Waals surface area contributed by atoms with Crippen LogP contribution >= 0.6 is 0 Å². The Morgan fingerprint density at radius 3 is 2.55 bits per heavy atom. The molecule has 22 heavy (non-hydrogen) atoms. The molecule has 1 heterocycles. The van der Waals surface area contributed by atoms with Crippen LogP contribution in [0.2, 0.25) is 0 Å². The Hall–Kier alpha value is -2.50. The minimum atomic E-state index is -0.507. The number of methoxy groups -OCH3 is 1. The Kier molecular flexibility index (Phi) is 4.00. The molecule has 1 aromatic rings. The lowest BCUT2D eigenvalue weighted by Crippen LogP contribution is -2.22. The summed E-state index contributed by atoms with van der Waals surface area (Å²) in [6.07, 6.45) is 6.29. The Balaban J connectivity index is 1.84. The summed E-state index contributed by atoms with van der Waals surface area (Å²) in [7, 11) is 1.60. The first-order valence-corrected chi connectivity index (χ1v) is 7.34. The summed E-state index contributed by atoms with van der Waals surface area (Å²) in [6, 6.07) is 4.92. The number of imide groups is 1. The van der Waals surface area contributed by atoms with Crippen LogP contribution in [0.3, 0.4) is 0 Å². The second-order valence-electron chi connectivity index (χ2n) is 5.40. The molecule has 1 aromatic carbocycles. The molecule has 116 valence electrons. The predicted octanol–water partition coefficient (Wildman–Crippen LogP) is 2.20. The molecule has 0 unspecified atom stereocenters. The van der Waals surface area contributed by atoms with Crippen LogP contribution in [0.1, 0.15) is 31.2 Å². The standard InChI is InChI=1S/C16H18N2O4/c1-21-13-7-6-10(8-12-15(19)18-16(20)17-12)9-14(13)22-11-4-2-3-5-11/h6-9,11H,2-5H2,1H3,(H2,17,18,19,20)/b12-8-. The Morgan fingerprint density at radius 2 is 1.91 bits per heavy atom. The fourth-order valence-electron chi connectivity index (χ4n) is 2.71. The summed E-state index contributed by atoms with van der Waals surface area (Å²) in [5, 5.41) is 4.63. The monoisotopic (exact) mass is 302 g/mol. The van der Waals surface area contributed by atoms with Crippen molar-refractivity contribution in [2.24, 2.45) is 0 Å². The first-order valence-electron chi connectivity index (χ1n) is 7.34. The van der Waals surface area contributed by atoms with Crippen molar-refractivity contribution in [2.45, 2.75) is 31.8 Å². The number of carbonyl (C=O) groups is 2. The van der Waals surface area contributed by atoms with Gasteiger partial charge in [-0.15, -0.1) is 0 Å². The lowest BCUT2D eigenvalue weighted by atomic mass is 10.1. The molecular weight excluding hydrogens is 284 g/mol. The van der Waals surface area contributed by atoms with E-state index in [0.29, 0.717) is 11.5 Å². The van der Waals surface area contributed by atoms with Gasteiger partial charge in [0.2, 0.25) is 0 Å². The van der Waals surface area contributed by atoms with Gasteiger partial charge in [0.1, 0.15) is 5.70 Å². The molecule has 0 atom stereocenters. The van der Waals surface area contributed by atoms with Crippen molar-refractivity contribution in [1.29, 1.82) is 0 Å². The van der Waals surface area contributed by atoms with E-state index in [1.165, 1.54) is 12.8 Å². The number of amides is 3. The Labute approximate surface area is 128 Å². The lowest BCUT2D eigenvalue weighted by Gasteiger charge is -2.16. The van der Waals surface area contributed by atoms with Crippen LogP contribution in [0.5, 0.6) is 11.5 Å². The first kappa shape index (κ1) is 14.4. The summed E-state index contributed by atoms with van der Waals surface area (Å²) >= 11 is 0. The molecule has 6 nitrogen and oxygen atoms in total. The highest BCUT2D eigenvalue weighted by molar-refractivity contribution is 6.13. The van der Waals surface area contributed by atoms with Gasteiger partial charge in [0, 0.05) is 0 Å². The third-order valence-electron chi connectivity index (χ3n) is 3.81. The maximum absolute atomic E-state index is 11.6. The van der Waals surface area contributed by atoms with Crippen molar-refractivity contribution < 1.29 is 19.1 Å². The van der Waals surface area contributed by atoms with E-state index in [4.69, 9.17) is 9.47 Å². The molecule has 0 radical (unpaired) electrons. The number of carbonyl (C=O) groups excluding carboxylic acids is 2. The zero-order valence-corrected chi connectivity index (χ0v) is 12.3. The summed E-state index contributed by atoms with van der Waals surface area (Å²) in [5.74, 6) is 0.890. The van der Waals surface area contributed by atoms with E-state index in [1.807, 2.05) is 12.1 Å². The summed E-state index contributed by atoms with van der Waals surface area (Å²) < 4.78 is 11.3. The minimum absolute atomic E-state index is 0.214. The van der Waals surface area contributed by atoms with Gasteiger partial charge in [-0.2, -0.15) is 0 Å². The molecule has 0 bridgehead atoms.